The molecule has 0 saturated carbocycles. The molecule has 3 aromatic carbocycles. The molecular formula is C22H23NO5S. The molecule has 1 atom stereocenters. The van der Waals surface area contributed by atoms with Gasteiger partial charge >= 0.3 is 0 Å². The SMILES string of the molecule is CC(CO)(COS(C)(=O)=O)NCc1cc2c3ccccc3ccc2c2occc12. The Morgan fingerprint density at radius 1 is 1.07 bits per heavy atom. The van der Waals surface area contributed by atoms with Gasteiger partial charge in [-0.15, -0.1) is 0 Å². The van der Waals surface area contributed by atoms with Gasteiger partial charge in [0, 0.05) is 17.3 Å². The summed E-state index contributed by atoms with van der Waals surface area (Å²) in [5, 5.41) is 18.4. The molecule has 0 bridgehead atoms. The zero-order valence-electron chi connectivity index (χ0n) is 16.3. The van der Waals surface area contributed by atoms with Crippen LogP contribution in [0.4, 0.5) is 0 Å². The first-order valence-corrected chi connectivity index (χ1v) is 11.1. The second-order valence-corrected chi connectivity index (χ2v) is 9.26. The van der Waals surface area contributed by atoms with Crippen molar-refractivity contribution in [3.05, 3.63) is 60.4 Å². The molecular weight excluding hydrogens is 390 g/mol. The summed E-state index contributed by atoms with van der Waals surface area (Å²) in [4.78, 5) is 0. The molecule has 0 amide bonds. The lowest BCUT2D eigenvalue weighted by Crippen LogP contribution is -2.49. The van der Waals surface area contributed by atoms with Gasteiger partial charge < -0.3 is 14.8 Å². The highest BCUT2D eigenvalue weighted by Crippen LogP contribution is 2.34. The highest BCUT2D eigenvalue weighted by Gasteiger charge is 2.26. The Bertz CT molecular complexity index is 1290. The molecule has 1 unspecified atom stereocenters. The van der Waals surface area contributed by atoms with Gasteiger partial charge in [-0.1, -0.05) is 30.3 Å². The summed E-state index contributed by atoms with van der Waals surface area (Å²) in [7, 11) is -3.60. The molecule has 0 spiro atoms. The average molecular weight is 413 g/mol. The topological polar surface area (TPSA) is 88.8 Å². The highest BCUT2D eigenvalue weighted by atomic mass is 32.2. The van der Waals surface area contributed by atoms with Gasteiger partial charge in [-0.05, 0) is 46.8 Å². The summed E-state index contributed by atoms with van der Waals surface area (Å²) in [6.07, 6.45) is 2.66. The van der Waals surface area contributed by atoms with Gasteiger partial charge in [-0.25, -0.2) is 0 Å². The first kappa shape index (κ1) is 19.8. The number of benzene rings is 3. The molecule has 0 saturated heterocycles. The van der Waals surface area contributed by atoms with E-state index in [-0.39, 0.29) is 13.2 Å². The van der Waals surface area contributed by atoms with Gasteiger partial charge in [-0.3, -0.25) is 4.18 Å². The highest BCUT2D eigenvalue weighted by molar-refractivity contribution is 7.85. The quantitative estimate of drug-likeness (QED) is 0.356. The van der Waals surface area contributed by atoms with E-state index in [9.17, 15) is 13.5 Å². The normalized spacial score (nSPS) is 14.6. The van der Waals surface area contributed by atoms with Gasteiger partial charge in [0.2, 0.25) is 0 Å². The van der Waals surface area contributed by atoms with Crippen LogP contribution in [0.15, 0.2) is 59.2 Å². The number of rotatable bonds is 7. The van der Waals surface area contributed by atoms with Crippen molar-refractivity contribution in [2.75, 3.05) is 19.5 Å². The minimum atomic E-state index is -3.60. The summed E-state index contributed by atoms with van der Waals surface area (Å²) < 4.78 is 33.4. The van der Waals surface area contributed by atoms with Crippen LogP contribution in [0.5, 0.6) is 0 Å². The summed E-state index contributed by atoms with van der Waals surface area (Å²) in [6, 6.07) is 16.4. The number of nitrogens with one attached hydrogen (secondary N) is 1. The van der Waals surface area contributed by atoms with Gasteiger partial charge in [0.15, 0.2) is 0 Å². The van der Waals surface area contributed by atoms with Crippen molar-refractivity contribution in [3.8, 4) is 0 Å². The van der Waals surface area contributed by atoms with E-state index in [4.69, 9.17) is 8.60 Å². The number of hydrogen-bond donors (Lipinski definition) is 2. The van der Waals surface area contributed by atoms with Crippen LogP contribution in [0.3, 0.4) is 0 Å². The second-order valence-electron chi connectivity index (χ2n) is 7.62. The van der Waals surface area contributed by atoms with Crippen molar-refractivity contribution >= 4 is 42.6 Å². The Morgan fingerprint density at radius 3 is 2.62 bits per heavy atom. The van der Waals surface area contributed by atoms with Crippen LogP contribution in [0.2, 0.25) is 0 Å². The van der Waals surface area contributed by atoms with Gasteiger partial charge in [0.1, 0.15) is 5.58 Å². The molecule has 1 aromatic heterocycles. The largest absolute Gasteiger partial charge is 0.464 e. The molecule has 7 heteroatoms. The van der Waals surface area contributed by atoms with Crippen LogP contribution < -0.4 is 5.32 Å². The molecule has 4 aromatic rings. The fourth-order valence-electron chi connectivity index (χ4n) is 3.52. The maximum atomic E-state index is 11.3. The molecule has 0 radical (unpaired) electrons. The van der Waals surface area contributed by atoms with Crippen LogP contribution in [0, 0.1) is 0 Å². The predicted octanol–water partition coefficient (Wildman–Crippen LogP) is 3.56. The third kappa shape index (κ3) is 4.00. The smallest absolute Gasteiger partial charge is 0.264 e. The van der Waals surface area contributed by atoms with Crippen molar-refractivity contribution in [3.63, 3.8) is 0 Å². The lowest BCUT2D eigenvalue weighted by molar-refractivity contribution is 0.118. The molecule has 2 N–H and O–H groups in total. The van der Waals surface area contributed by atoms with E-state index in [1.165, 1.54) is 0 Å². The van der Waals surface area contributed by atoms with Crippen molar-refractivity contribution in [2.45, 2.75) is 19.0 Å². The third-order valence-electron chi connectivity index (χ3n) is 5.19. The minimum Gasteiger partial charge on any atom is -0.464 e. The number of furan rings is 1. The number of aliphatic hydroxyl groups excluding tert-OH is 1. The van der Waals surface area contributed by atoms with E-state index < -0.39 is 15.7 Å². The summed E-state index contributed by atoms with van der Waals surface area (Å²) in [5.41, 5.74) is 0.895. The Kier molecular flexibility index (Phi) is 5.08. The molecule has 0 aliphatic heterocycles. The predicted molar refractivity (Wildman–Crippen MR) is 114 cm³/mol. The van der Waals surface area contributed by atoms with Gasteiger partial charge in [0.25, 0.3) is 10.1 Å². The zero-order valence-corrected chi connectivity index (χ0v) is 17.1. The van der Waals surface area contributed by atoms with Crippen molar-refractivity contribution < 1.29 is 22.1 Å². The van der Waals surface area contributed by atoms with Crippen LogP contribution in [0.1, 0.15) is 12.5 Å². The fourth-order valence-corrected chi connectivity index (χ4v) is 3.99. The van der Waals surface area contributed by atoms with E-state index in [1.54, 1.807) is 13.2 Å². The number of hydrogen-bond acceptors (Lipinski definition) is 6. The van der Waals surface area contributed by atoms with E-state index >= 15 is 0 Å². The lowest BCUT2D eigenvalue weighted by Gasteiger charge is -2.28. The van der Waals surface area contributed by atoms with Crippen LogP contribution in [-0.2, 0) is 20.8 Å². The van der Waals surface area contributed by atoms with Crippen LogP contribution >= 0.6 is 0 Å². The molecule has 1 heterocycles. The molecule has 0 fully saturated rings. The third-order valence-corrected chi connectivity index (χ3v) is 5.74. The summed E-state index contributed by atoms with van der Waals surface area (Å²) >= 11 is 0. The van der Waals surface area contributed by atoms with E-state index in [2.05, 4.69) is 35.6 Å². The summed E-state index contributed by atoms with van der Waals surface area (Å²) in [5.74, 6) is 0. The van der Waals surface area contributed by atoms with E-state index in [0.717, 1.165) is 44.3 Å². The first-order valence-electron chi connectivity index (χ1n) is 9.30. The Balaban J connectivity index is 1.74. The average Bonchev–Trinajstić information content (AvgIpc) is 3.20. The minimum absolute atomic E-state index is 0.159. The molecule has 0 aliphatic carbocycles. The fraction of sp³-hybridized carbons (Fsp3) is 0.273. The van der Waals surface area contributed by atoms with Crippen LogP contribution in [-0.4, -0.2) is 38.5 Å². The molecule has 152 valence electrons. The van der Waals surface area contributed by atoms with Gasteiger partial charge in [0.05, 0.1) is 31.3 Å². The monoisotopic (exact) mass is 413 g/mol. The van der Waals surface area contributed by atoms with E-state index in [0.29, 0.717) is 6.54 Å². The Hall–Kier alpha value is -2.45. The maximum absolute atomic E-state index is 11.3. The summed E-state index contributed by atoms with van der Waals surface area (Å²) in [6.45, 7) is 1.71. The van der Waals surface area contributed by atoms with Crippen molar-refractivity contribution in [1.82, 2.24) is 5.32 Å². The number of fused-ring (bicyclic) bond motifs is 5. The lowest BCUT2D eigenvalue weighted by atomic mass is 9.96. The van der Waals surface area contributed by atoms with E-state index in [1.807, 2.05) is 18.2 Å². The second kappa shape index (κ2) is 7.42. The molecule has 6 nitrogen and oxygen atoms in total. The molecule has 4 rings (SSSR count). The van der Waals surface area contributed by atoms with Crippen molar-refractivity contribution in [1.29, 1.82) is 0 Å². The Morgan fingerprint density at radius 2 is 1.86 bits per heavy atom. The van der Waals surface area contributed by atoms with Crippen molar-refractivity contribution in [2.24, 2.45) is 0 Å². The maximum Gasteiger partial charge on any atom is 0.264 e. The molecule has 0 aliphatic rings. The van der Waals surface area contributed by atoms with Gasteiger partial charge in [-0.2, -0.15) is 8.42 Å². The Labute approximate surface area is 169 Å². The standard InChI is InChI=1S/C22H23NO5S/c1-22(13-24,14-28-29(2,25)26)23-12-16-11-20-17-6-4-3-5-15(17)7-8-19(20)21-18(16)9-10-27-21/h3-11,23-24H,12-14H2,1-2H3. The first-order chi connectivity index (χ1) is 13.8. The zero-order chi connectivity index (χ0) is 20.6. The number of aliphatic hydroxyl groups is 1. The molecule has 29 heavy (non-hydrogen) atoms. The van der Waals surface area contributed by atoms with Crippen LogP contribution in [0.25, 0.3) is 32.5 Å².